The number of aromatic nitrogens is 2. The molecule has 0 aliphatic heterocycles. The molecular weight excluding hydrogens is 244 g/mol. The summed E-state index contributed by atoms with van der Waals surface area (Å²) < 4.78 is 0. The van der Waals surface area contributed by atoms with Gasteiger partial charge in [-0.25, -0.2) is 4.98 Å². The summed E-state index contributed by atoms with van der Waals surface area (Å²) in [4.78, 5) is 20.2. The van der Waals surface area contributed by atoms with Gasteiger partial charge in [0.1, 0.15) is 11.2 Å². The van der Waals surface area contributed by atoms with Crippen molar-refractivity contribution in [2.45, 2.75) is 0 Å². The van der Waals surface area contributed by atoms with Crippen LogP contribution in [0.3, 0.4) is 0 Å². The largest absolute Gasteiger partial charge is 0.362 e. The normalized spacial score (nSPS) is 10.5. The molecule has 88 valence electrons. The molecule has 0 unspecified atom stereocenters. The van der Waals surface area contributed by atoms with Crippen LogP contribution in [0.15, 0.2) is 18.2 Å². The third-order valence-electron chi connectivity index (χ3n) is 2.28. The summed E-state index contributed by atoms with van der Waals surface area (Å²) in [5.41, 5.74) is 0.436. The van der Waals surface area contributed by atoms with Gasteiger partial charge in [-0.15, -0.1) is 0 Å². The number of benzene rings is 1. The van der Waals surface area contributed by atoms with Gasteiger partial charge >= 0.3 is 0 Å². The minimum Gasteiger partial charge on any atom is -0.362 e. The van der Waals surface area contributed by atoms with Crippen LogP contribution in [0.2, 0.25) is 5.28 Å². The van der Waals surface area contributed by atoms with Gasteiger partial charge in [-0.05, 0) is 17.7 Å². The van der Waals surface area contributed by atoms with E-state index in [1.54, 1.807) is 31.1 Å². The molecule has 0 fully saturated rings. The number of hydrogen-bond donors (Lipinski definition) is 0. The predicted molar refractivity (Wildman–Crippen MR) is 65.5 cm³/mol. The van der Waals surface area contributed by atoms with Crippen LogP contribution in [0.5, 0.6) is 0 Å². The first-order valence-corrected chi connectivity index (χ1v) is 5.16. The molecule has 1 aromatic heterocycles. The van der Waals surface area contributed by atoms with Crippen LogP contribution >= 0.6 is 11.6 Å². The Balaban J connectivity index is 2.91. The number of halogens is 1. The number of fused-ring (bicyclic) bond motifs is 1. The zero-order valence-corrected chi connectivity index (χ0v) is 9.97. The van der Waals surface area contributed by atoms with Crippen LogP contribution in [0.25, 0.3) is 10.9 Å². The molecule has 0 atom stereocenters. The number of nitro benzene ring substituents is 1. The molecule has 7 heteroatoms. The van der Waals surface area contributed by atoms with Crippen LogP contribution < -0.4 is 4.90 Å². The highest BCUT2D eigenvalue weighted by molar-refractivity contribution is 6.29. The van der Waals surface area contributed by atoms with Gasteiger partial charge in [0, 0.05) is 20.2 Å². The predicted octanol–water partition coefficient (Wildman–Crippen LogP) is 2.26. The number of nitro groups is 1. The van der Waals surface area contributed by atoms with Gasteiger partial charge in [-0.2, -0.15) is 4.98 Å². The summed E-state index contributed by atoms with van der Waals surface area (Å²) in [5.74, 6) is 0.437. The number of nitrogens with zero attached hydrogens (tertiary/aromatic N) is 4. The van der Waals surface area contributed by atoms with Crippen LogP contribution in [-0.4, -0.2) is 29.0 Å². The molecule has 0 bridgehead atoms. The lowest BCUT2D eigenvalue weighted by molar-refractivity contribution is -0.383. The smallest absolute Gasteiger partial charge is 0.282 e. The minimum atomic E-state index is -0.452. The lowest BCUT2D eigenvalue weighted by Crippen LogP contribution is -2.12. The maximum Gasteiger partial charge on any atom is 0.282 e. The van der Waals surface area contributed by atoms with E-state index in [0.29, 0.717) is 16.7 Å². The first kappa shape index (κ1) is 11.5. The van der Waals surface area contributed by atoms with Gasteiger partial charge in [0.25, 0.3) is 5.69 Å². The number of anilines is 1. The van der Waals surface area contributed by atoms with E-state index in [2.05, 4.69) is 9.97 Å². The van der Waals surface area contributed by atoms with E-state index < -0.39 is 4.92 Å². The topological polar surface area (TPSA) is 72.2 Å². The molecule has 0 aliphatic rings. The van der Waals surface area contributed by atoms with E-state index in [4.69, 9.17) is 11.6 Å². The Bertz CT molecular complexity index is 600. The molecule has 0 saturated heterocycles. The second-order valence-electron chi connectivity index (χ2n) is 3.64. The van der Waals surface area contributed by atoms with E-state index in [1.807, 2.05) is 0 Å². The van der Waals surface area contributed by atoms with Crippen molar-refractivity contribution >= 4 is 34.0 Å². The molecule has 1 aromatic carbocycles. The van der Waals surface area contributed by atoms with Crippen molar-refractivity contribution in [2.75, 3.05) is 19.0 Å². The molecule has 6 nitrogen and oxygen atoms in total. The third-order valence-corrected chi connectivity index (χ3v) is 2.44. The fourth-order valence-corrected chi connectivity index (χ4v) is 1.77. The van der Waals surface area contributed by atoms with Crippen LogP contribution in [0, 0.1) is 10.1 Å². The molecule has 2 aromatic rings. The molecular formula is C10H9ClN4O2. The molecule has 0 saturated carbocycles. The second-order valence-corrected chi connectivity index (χ2v) is 3.98. The van der Waals surface area contributed by atoms with Crippen molar-refractivity contribution < 1.29 is 4.92 Å². The van der Waals surface area contributed by atoms with E-state index >= 15 is 0 Å². The van der Waals surface area contributed by atoms with Crippen LogP contribution in [-0.2, 0) is 0 Å². The Kier molecular flexibility index (Phi) is 2.81. The van der Waals surface area contributed by atoms with Crippen molar-refractivity contribution in [2.24, 2.45) is 0 Å². The van der Waals surface area contributed by atoms with Crippen molar-refractivity contribution in [1.82, 2.24) is 9.97 Å². The molecule has 17 heavy (non-hydrogen) atoms. The summed E-state index contributed by atoms with van der Waals surface area (Å²) in [6.45, 7) is 0. The first-order chi connectivity index (χ1) is 8.00. The van der Waals surface area contributed by atoms with E-state index in [-0.39, 0.29) is 11.0 Å². The maximum atomic E-state index is 11.0. The van der Waals surface area contributed by atoms with Gasteiger partial charge in [0.15, 0.2) is 0 Å². The van der Waals surface area contributed by atoms with Crippen molar-refractivity contribution in [1.29, 1.82) is 0 Å². The Morgan fingerprint density at radius 3 is 2.65 bits per heavy atom. The standard InChI is InChI=1S/C10H9ClN4O2/c1-14(2)9-8-6(12-10(11)13-9)4-3-5-7(8)15(16)17/h3-5H,1-2H3. The molecule has 2 rings (SSSR count). The van der Waals surface area contributed by atoms with Crippen molar-refractivity contribution in [3.05, 3.63) is 33.6 Å². The zero-order valence-electron chi connectivity index (χ0n) is 9.22. The fourth-order valence-electron chi connectivity index (χ4n) is 1.59. The fraction of sp³-hybridized carbons (Fsp3) is 0.200. The molecule has 0 radical (unpaired) electrons. The van der Waals surface area contributed by atoms with Gasteiger partial charge < -0.3 is 4.90 Å². The Hall–Kier alpha value is -1.95. The van der Waals surface area contributed by atoms with Gasteiger partial charge in [0.05, 0.1) is 10.4 Å². The highest BCUT2D eigenvalue weighted by Crippen LogP contribution is 2.31. The minimum absolute atomic E-state index is 0.0251. The highest BCUT2D eigenvalue weighted by atomic mass is 35.5. The molecule has 0 amide bonds. The molecule has 1 heterocycles. The van der Waals surface area contributed by atoms with Crippen molar-refractivity contribution in [3.8, 4) is 0 Å². The van der Waals surface area contributed by atoms with Gasteiger partial charge in [-0.3, -0.25) is 10.1 Å². The molecule has 0 N–H and O–H groups in total. The summed E-state index contributed by atoms with van der Waals surface area (Å²) in [5, 5.41) is 11.4. The number of rotatable bonds is 2. The lowest BCUT2D eigenvalue weighted by Gasteiger charge is -2.13. The summed E-state index contributed by atoms with van der Waals surface area (Å²) >= 11 is 5.78. The second kappa shape index (κ2) is 4.14. The van der Waals surface area contributed by atoms with E-state index in [0.717, 1.165) is 0 Å². The zero-order chi connectivity index (χ0) is 12.6. The van der Waals surface area contributed by atoms with Gasteiger partial charge in [0.2, 0.25) is 5.28 Å². The maximum absolute atomic E-state index is 11.0. The molecule has 0 aliphatic carbocycles. The first-order valence-electron chi connectivity index (χ1n) is 4.78. The number of non-ortho nitro benzene ring substituents is 1. The van der Waals surface area contributed by atoms with Crippen LogP contribution in [0.1, 0.15) is 0 Å². The summed E-state index contributed by atoms with van der Waals surface area (Å²) in [7, 11) is 3.49. The quantitative estimate of drug-likeness (QED) is 0.466. The summed E-state index contributed by atoms with van der Waals surface area (Å²) in [6.07, 6.45) is 0. The monoisotopic (exact) mass is 252 g/mol. The Labute approximate surface area is 102 Å². The number of hydrogen-bond acceptors (Lipinski definition) is 5. The Morgan fingerprint density at radius 2 is 2.06 bits per heavy atom. The highest BCUT2D eigenvalue weighted by Gasteiger charge is 2.19. The average molecular weight is 253 g/mol. The van der Waals surface area contributed by atoms with Crippen molar-refractivity contribution in [3.63, 3.8) is 0 Å². The molecule has 0 spiro atoms. The Morgan fingerprint density at radius 1 is 1.35 bits per heavy atom. The van der Waals surface area contributed by atoms with Crippen LogP contribution in [0.4, 0.5) is 11.5 Å². The van der Waals surface area contributed by atoms with Gasteiger partial charge in [-0.1, -0.05) is 6.07 Å². The van der Waals surface area contributed by atoms with E-state index in [9.17, 15) is 10.1 Å². The average Bonchev–Trinajstić information content (AvgIpc) is 2.26. The SMILES string of the molecule is CN(C)c1nc(Cl)nc2cccc([N+](=O)[O-])c12. The van der Waals surface area contributed by atoms with E-state index in [1.165, 1.54) is 6.07 Å². The lowest BCUT2D eigenvalue weighted by atomic mass is 10.2. The summed E-state index contributed by atoms with van der Waals surface area (Å²) in [6, 6.07) is 4.67. The third kappa shape index (κ3) is 1.99.